The zero-order valence-corrected chi connectivity index (χ0v) is 9.61. The summed E-state index contributed by atoms with van der Waals surface area (Å²) in [6.07, 6.45) is 3.27. The fourth-order valence-electron chi connectivity index (χ4n) is 2.12. The first-order chi connectivity index (χ1) is 7.92. The summed E-state index contributed by atoms with van der Waals surface area (Å²) >= 11 is 0. The third kappa shape index (κ3) is 2.74. The summed E-state index contributed by atoms with van der Waals surface area (Å²) < 4.78 is 5.72. The lowest BCUT2D eigenvalue weighted by Crippen LogP contribution is -2.23. The second-order valence-corrected chi connectivity index (χ2v) is 4.18. The number of benzene rings is 1. The molecular formula is C13H20N2O. The number of ether oxygens (including phenoxy) is 1. The summed E-state index contributed by atoms with van der Waals surface area (Å²) in [6, 6.07) is 8.73. The Hall–Kier alpha value is -1.06. The highest BCUT2D eigenvalue weighted by Gasteiger charge is 2.18. The minimum Gasteiger partial charge on any atom is -0.493 e. The number of hydrogen-bond donors (Lipinski definition) is 2. The Morgan fingerprint density at radius 2 is 2.25 bits per heavy atom. The maximum Gasteiger partial charge on any atom is 0.124 e. The van der Waals surface area contributed by atoms with Crippen molar-refractivity contribution in [3.05, 3.63) is 29.8 Å². The van der Waals surface area contributed by atoms with Gasteiger partial charge in [-0.2, -0.15) is 0 Å². The maximum absolute atomic E-state index is 5.72. The molecule has 2 rings (SSSR count). The first-order valence-corrected chi connectivity index (χ1v) is 6.07. The van der Waals surface area contributed by atoms with Gasteiger partial charge in [0.15, 0.2) is 0 Å². The molecule has 0 saturated carbocycles. The third-order valence-electron chi connectivity index (χ3n) is 2.96. The minimum absolute atomic E-state index is 0.422. The SMILES string of the molecule is NCCCNC1CCCOc2ccccc21. The maximum atomic E-state index is 5.72. The Labute approximate surface area is 97.0 Å². The molecule has 1 aliphatic rings. The zero-order valence-electron chi connectivity index (χ0n) is 9.61. The van der Waals surface area contributed by atoms with Crippen LogP contribution in [0.25, 0.3) is 0 Å². The lowest BCUT2D eigenvalue weighted by molar-refractivity contribution is 0.315. The lowest BCUT2D eigenvalue weighted by Gasteiger charge is -2.18. The van der Waals surface area contributed by atoms with Crippen LogP contribution in [0.4, 0.5) is 0 Å². The Kier molecular flexibility index (Phi) is 4.19. The number of fused-ring (bicyclic) bond motifs is 1. The number of hydrogen-bond acceptors (Lipinski definition) is 3. The van der Waals surface area contributed by atoms with Gasteiger partial charge in [0.2, 0.25) is 0 Å². The summed E-state index contributed by atoms with van der Waals surface area (Å²) in [5.74, 6) is 1.03. The van der Waals surface area contributed by atoms with Gasteiger partial charge in [-0.05, 0) is 38.4 Å². The highest BCUT2D eigenvalue weighted by atomic mass is 16.5. The summed E-state index contributed by atoms with van der Waals surface area (Å²) in [5.41, 5.74) is 6.79. The van der Waals surface area contributed by atoms with Gasteiger partial charge in [0.25, 0.3) is 0 Å². The molecule has 1 heterocycles. The molecule has 0 amide bonds. The van der Waals surface area contributed by atoms with Gasteiger partial charge in [-0.3, -0.25) is 0 Å². The van der Waals surface area contributed by atoms with Gasteiger partial charge in [0.1, 0.15) is 5.75 Å². The van der Waals surface area contributed by atoms with E-state index in [2.05, 4.69) is 23.5 Å². The molecule has 3 nitrogen and oxygen atoms in total. The van der Waals surface area contributed by atoms with Crippen molar-refractivity contribution in [1.29, 1.82) is 0 Å². The van der Waals surface area contributed by atoms with Crippen LogP contribution in [-0.4, -0.2) is 19.7 Å². The van der Waals surface area contributed by atoms with Crippen LogP contribution in [0.3, 0.4) is 0 Å². The van der Waals surface area contributed by atoms with Gasteiger partial charge in [-0.25, -0.2) is 0 Å². The van der Waals surface area contributed by atoms with E-state index in [1.807, 2.05) is 6.07 Å². The highest BCUT2D eigenvalue weighted by molar-refractivity contribution is 5.36. The van der Waals surface area contributed by atoms with E-state index < -0.39 is 0 Å². The normalized spacial score (nSPS) is 19.7. The standard InChI is InChI=1S/C13H20N2O/c14-8-4-9-15-12-6-3-10-16-13-7-2-1-5-11(12)13/h1-2,5,7,12,15H,3-4,6,8-10,14H2. The molecule has 0 bridgehead atoms. The first kappa shape index (κ1) is 11.4. The summed E-state index contributed by atoms with van der Waals surface area (Å²) in [5, 5.41) is 3.56. The smallest absolute Gasteiger partial charge is 0.124 e. The Morgan fingerprint density at radius 3 is 3.12 bits per heavy atom. The fourth-order valence-corrected chi connectivity index (χ4v) is 2.12. The van der Waals surface area contributed by atoms with Crippen LogP contribution < -0.4 is 15.8 Å². The van der Waals surface area contributed by atoms with Gasteiger partial charge in [-0.1, -0.05) is 18.2 Å². The molecule has 1 unspecified atom stereocenters. The molecule has 0 saturated heterocycles. The number of para-hydroxylation sites is 1. The van der Waals surface area contributed by atoms with Crippen molar-refractivity contribution in [2.75, 3.05) is 19.7 Å². The summed E-state index contributed by atoms with van der Waals surface area (Å²) in [7, 11) is 0. The number of rotatable bonds is 4. The van der Waals surface area contributed by atoms with Crippen molar-refractivity contribution in [2.24, 2.45) is 5.73 Å². The van der Waals surface area contributed by atoms with Crippen molar-refractivity contribution in [2.45, 2.75) is 25.3 Å². The van der Waals surface area contributed by atoms with Crippen molar-refractivity contribution in [1.82, 2.24) is 5.32 Å². The summed E-state index contributed by atoms with van der Waals surface area (Å²) in [6.45, 7) is 2.56. The zero-order chi connectivity index (χ0) is 11.2. The topological polar surface area (TPSA) is 47.3 Å². The molecule has 0 spiro atoms. The molecule has 0 radical (unpaired) electrons. The average Bonchev–Trinajstić information content (AvgIpc) is 2.52. The van der Waals surface area contributed by atoms with E-state index in [0.29, 0.717) is 6.04 Å². The predicted molar refractivity (Wildman–Crippen MR) is 65.6 cm³/mol. The molecule has 3 N–H and O–H groups in total. The molecular weight excluding hydrogens is 200 g/mol. The highest BCUT2D eigenvalue weighted by Crippen LogP contribution is 2.30. The second kappa shape index (κ2) is 5.87. The van der Waals surface area contributed by atoms with Crippen LogP contribution in [0.2, 0.25) is 0 Å². The quantitative estimate of drug-likeness (QED) is 0.761. The number of nitrogens with two attached hydrogens (primary N) is 1. The van der Waals surface area contributed by atoms with Crippen LogP contribution in [0, 0.1) is 0 Å². The molecule has 1 aromatic carbocycles. The Balaban J connectivity index is 2.06. The first-order valence-electron chi connectivity index (χ1n) is 6.07. The minimum atomic E-state index is 0.422. The lowest BCUT2D eigenvalue weighted by atomic mass is 10.0. The van der Waals surface area contributed by atoms with E-state index in [-0.39, 0.29) is 0 Å². The second-order valence-electron chi connectivity index (χ2n) is 4.18. The monoisotopic (exact) mass is 220 g/mol. The Morgan fingerprint density at radius 1 is 1.38 bits per heavy atom. The van der Waals surface area contributed by atoms with Crippen LogP contribution in [0.5, 0.6) is 5.75 Å². The molecule has 0 aromatic heterocycles. The van der Waals surface area contributed by atoms with Crippen molar-refractivity contribution in [3.8, 4) is 5.75 Å². The molecule has 0 fully saturated rings. The fraction of sp³-hybridized carbons (Fsp3) is 0.538. The van der Waals surface area contributed by atoms with E-state index >= 15 is 0 Å². The Bertz CT molecular complexity index is 327. The predicted octanol–water partition coefficient (Wildman–Crippen LogP) is 1.84. The van der Waals surface area contributed by atoms with Crippen LogP contribution in [-0.2, 0) is 0 Å². The summed E-state index contributed by atoms with van der Waals surface area (Å²) in [4.78, 5) is 0. The molecule has 1 atom stereocenters. The third-order valence-corrected chi connectivity index (χ3v) is 2.96. The molecule has 1 aliphatic heterocycles. The van der Waals surface area contributed by atoms with Gasteiger partial charge in [0.05, 0.1) is 6.61 Å². The molecule has 1 aromatic rings. The van der Waals surface area contributed by atoms with Crippen molar-refractivity contribution >= 4 is 0 Å². The van der Waals surface area contributed by atoms with Crippen molar-refractivity contribution < 1.29 is 4.74 Å². The molecule has 16 heavy (non-hydrogen) atoms. The molecule has 0 aliphatic carbocycles. The van der Waals surface area contributed by atoms with E-state index in [1.165, 1.54) is 5.56 Å². The average molecular weight is 220 g/mol. The largest absolute Gasteiger partial charge is 0.493 e. The molecule has 3 heteroatoms. The van der Waals surface area contributed by atoms with Crippen LogP contribution in [0.15, 0.2) is 24.3 Å². The van der Waals surface area contributed by atoms with Crippen LogP contribution >= 0.6 is 0 Å². The number of nitrogens with one attached hydrogen (secondary N) is 1. The van der Waals surface area contributed by atoms with Gasteiger partial charge >= 0.3 is 0 Å². The molecule has 88 valence electrons. The van der Waals surface area contributed by atoms with E-state index in [1.54, 1.807) is 0 Å². The van der Waals surface area contributed by atoms with Gasteiger partial charge in [0, 0.05) is 11.6 Å². The van der Waals surface area contributed by atoms with Crippen molar-refractivity contribution in [3.63, 3.8) is 0 Å². The van der Waals surface area contributed by atoms with Gasteiger partial charge in [-0.15, -0.1) is 0 Å². The van der Waals surface area contributed by atoms with E-state index in [9.17, 15) is 0 Å². The van der Waals surface area contributed by atoms with E-state index in [4.69, 9.17) is 10.5 Å². The van der Waals surface area contributed by atoms with Crippen LogP contribution in [0.1, 0.15) is 30.9 Å². The van der Waals surface area contributed by atoms with Gasteiger partial charge < -0.3 is 15.8 Å². The van der Waals surface area contributed by atoms with E-state index in [0.717, 1.165) is 44.7 Å².